The van der Waals surface area contributed by atoms with Gasteiger partial charge in [-0.25, -0.2) is 4.98 Å². The van der Waals surface area contributed by atoms with Crippen molar-refractivity contribution in [2.24, 2.45) is 0 Å². The lowest BCUT2D eigenvalue weighted by atomic mass is 10.0. The highest BCUT2D eigenvalue weighted by molar-refractivity contribution is 5.95. The summed E-state index contributed by atoms with van der Waals surface area (Å²) in [5, 5.41) is 3.18. The summed E-state index contributed by atoms with van der Waals surface area (Å²) in [6, 6.07) is 4.32. The van der Waals surface area contributed by atoms with Crippen LogP contribution in [0.15, 0.2) is 12.1 Å². The Labute approximate surface area is 127 Å². The molecule has 0 aromatic carbocycles. The largest absolute Gasteiger partial charge is 0.370 e. The van der Waals surface area contributed by atoms with Crippen molar-refractivity contribution in [3.63, 3.8) is 0 Å². The fourth-order valence-electron chi connectivity index (χ4n) is 2.83. The highest BCUT2D eigenvalue weighted by Gasteiger charge is 2.24. The van der Waals surface area contributed by atoms with Crippen LogP contribution < -0.4 is 5.32 Å². The van der Waals surface area contributed by atoms with Crippen LogP contribution in [0.1, 0.15) is 35.8 Å². The number of rotatable bonds is 4. The quantitative estimate of drug-likeness (QED) is 0.921. The average molecular weight is 290 g/mol. The van der Waals surface area contributed by atoms with Gasteiger partial charge in [-0.15, -0.1) is 0 Å². The molecule has 0 aliphatic carbocycles. The van der Waals surface area contributed by atoms with Crippen molar-refractivity contribution in [2.75, 3.05) is 39.0 Å². The first-order valence-corrected chi connectivity index (χ1v) is 7.69. The Morgan fingerprint density at radius 1 is 1.38 bits per heavy atom. The first-order chi connectivity index (χ1) is 10.0. The van der Waals surface area contributed by atoms with Crippen LogP contribution in [0.4, 0.5) is 5.82 Å². The van der Waals surface area contributed by atoms with E-state index in [1.165, 1.54) is 0 Å². The normalized spacial score (nSPS) is 16.3. The topological polar surface area (TPSA) is 48.5 Å². The highest BCUT2D eigenvalue weighted by Crippen LogP contribution is 2.18. The predicted molar refractivity (Wildman–Crippen MR) is 85.8 cm³/mol. The standard InChI is InChI=1S/C16H26N4O/c1-5-17-15-11-13(10-12(2)18-15)16(21)20-8-6-14(7-9-20)19(3)4/h10-11,14H,5-9H2,1-4H3,(H,17,18). The summed E-state index contributed by atoms with van der Waals surface area (Å²) in [6.45, 7) is 6.42. The predicted octanol–water partition coefficient (Wildman–Crippen LogP) is 1.99. The van der Waals surface area contributed by atoms with Gasteiger partial charge >= 0.3 is 0 Å². The summed E-state index contributed by atoms with van der Waals surface area (Å²) in [4.78, 5) is 21.3. The van der Waals surface area contributed by atoms with E-state index in [-0.39, 0.29) is 5.91 Å². The molecule has 21 heavy (non-hydrogen) atoms. The van der Waals surface area contributed by atoms with Crippen molar-refractivity contribution in [1.29, 1.82) is 0 Å². The molecule has 0 unspecified atom stereocenters. The highest BCUT2D eigenvalue weighted by atomic mass is 16.2. The monoisotopic (exact) mass is 290 g/mol. The molecule has 2 rings (SSSR count). The number of aromatic nitrogens is 1. The van der Waals surface area contributed by atoms with E-state index in [9.17, 15) is 4.79 Å². The number of carbonyl (C=O) groups excluding carboxylic acids is 1. The maximum Gasteiger partial charge on any atom is 0.254 e. The summed E-state index contributed by atoms with van der Waals surface area (Å²) in [5.41, 5.74) is 1.61. The number of nitrogens with zero attached hydrogens (tertiary/aromatic N) is 3. The van der Waals surface area contributed by atoms with Crippen LogP contribution in [0.25, 0.3) is 0 Å². The second-order valence-electron chi connectivity index (χ2n) is 5.90. The molecular weight excluding hydrogens is 264 g/mol. The van der Waals surface area contributed by atoms with Gasteiger partial charge in [0, 0.05) is 36.9 Å². The zero-order valence-corrected chi connectivity index (χ0v) is 13.5. The molecule has 5 nitrogen and oxygen atoms in total. The van der Waals surface area contributed by atoms with E-state index in [2.05, 4.69) is 29.3 Å². The molecule has 1 aliphatic heterocycles. The van der Waals surface area contributed by atoms with Crippen LogP contribution in [0.5, 0.6) is 0 Å². The van der Waals surface area contributed by atoms with Gasteiger partial charge in [0.1, 0.15) is 5.82 Å². The third-order valence-electron chi connectivity index (χ3n) is 4.04. The van der Waals surface area contributed by atoms with Crippen LogP contribution in [-0.4, -0.2) is 60.5 Å². The lowest BCUT2D eigenvalue weighted by molar-refractivity contribution is 0.0663. The van der Waals surface area contributed by atoms with Crippen molar-refractivity contribution < 1.29 is 4.79 Å². The van der Waals surface area contributed by atoms with Crippen LogP contribution in [-0.2, 0) is 0 Å². The zero-order valence-electron chi connectivity index (χ0n) is 13.5. The second kappa shape index (κ2) is 6.89. The number of piperidine rings is 1. The number of amides is 1. The maximum absolute atomic E-state index is 12.6. The molecule has 0 saturated carbocycles. The van der Waals surface area contributed by atoms with E-state index >= 15 is 0 Å². The number of nitrogens with one attached hydrogen (secondary N) is 1. The first kappa shape index (κ1) is 15.8. The minimum Gasteiger partial charge on any atom is -0.370 e. The molecule has 1 amide bonds. The SMILES string of the molecule is CCNc1cc(C(=O)N2CCC(N(C)C)CC2)cc(C)n1. The van der Waals surface area contributed by atoms with E-state index in [4.69, 9.17) is 0 Å². The van der Waals surface area contributed by atoms with E-state index in [0.717, 1.165) is 49.6 Å². The molecule has 1 aromatic heterocycles. The Bertz CT molecular complexity index is 493. The van der Waals surface area contributed by atoms with Gasteiger partial charge in [-0.2, -0.15) is 0 Å². The number of aryl methyl sites for hydroxylation is 1. The number of anilines is 1. The molecule has 1 N–H and O–H groups in total. The van der Waals surface area contributed by atoms with E-state index in [0.29, 0.717) is 6.04 Å². The summed E-state index contributed by atoms with van der Waals surface area (Å²) in [6.07, 6.45) is 2.09. The van der Waals surface area contributed by atoms with Crippen LogP contribution in [0, 0.1) is 6.92 Å². The van der Waals surface area contributed by atoms with Crippen molar-refractivity contribution >= 4 is 11.7 Å². The molecule has 0 spiro atoms. The Morgan fingerprint density at radius 2 is 2.05 bits per heavy atom. The Hall–Kier alpha value is -1.62. The number of hydrogen-bond acceptors (Lipinski definition) is 4. The molecular formula is C16H26N4O. The van der Waals surface area contributed by atoms with Gasteiger partial charge in [-0.3, -0.25) is 4.79 Å². The second-order valence-corrected chi connectivity index (χ2v) is 5.90. The Morgan fingerprint density at radius 3 is 2.62 bits per heavy atom. The maximum atomic E-state index is 12.6. The lowest BCUT2D eigenvalue weighted by Crippen LogP contribution is -2.44. The molecule has 1 aliphatic rings. The summed E-state index contributed by atoms with van der Waals surface area (Å²) >= 11 is 0. The lowest BCUT2D eigenvalue weighted by Gasteiger charge is -2.35. The summed E-state index contributed by atoms with van der Waals surface area (Å²) in [7, 11) is 4.22. The summed E-state index contributed by atoms with van der Waals surface area (Å²) in [5.74, 6) is 0.904. The molecule has 5 heteroatoms. The van der Waals surface area contributed by atoms with E-state index < -0.39 is 0 Å². The van der Waals surface area contributed by atoms with Crippen LogP contribution in [0.2, 0.25) is 0 Å². The first-order valence-electron chi connectivity index (χ1n) is 7.69. The average Bonchev–Trinajstić information content (AvgIpc) is 2.46. The third-order valence-corrected chi connectivity index (χ3v) is 4.04. The van der Waals surface area contributed by atoms with Gasteiger partial charge in [0.25, 0.3) is 5.91 Å². The number of carbonyl (C=O) groups is 1. The zero-order chi connectivity index (χ0) is 15.4. The van der Waals surface area contributed by atoms with Crippen LogP contribution in [0.3, 0.4) is 0 Å². The van der Waals surface area contributed by atoms with Gasteiger partial charge < -0.3 is 15.1 Å². The van der Waals surface area contributed by atoms with Crippen molar-refractivity contribution in [3.8, 4) is 0 Å². The smallest absolute Gasteiger partial charge is 0.254 e. The fourth-order valence-corrected chi connectivity index (χ4v) is 2.83. The molecule has 0 radical (unpaired) electrons. The molecule has 1 aromatic rings. The van der Waals surface area contributed by atoms with Gasteiger partial charge in [0.2, 0.25) is 0 Å². The third kappa shape index (κ3) is 3.94. The van der Waals surface area contributed by atoms with Gasteiger partial charge in [0.05, 0.1) is 0 Å². The minimum atomic E-state index is 0.122. The molecule has 0 bridgehead atoms. The number of likely N-dealkylation sites (tertiary alicyclic amines) is 1. The number of pyridine rings is 1. The van der Waals surface area contributed by atoms with E-state index in [1.54, 1.807) is 0 Å². The number of hydrogen-bond donors (Lipinski definition) is 1. The molecule has 0 atom stereocenters. The van der Waals surface area contributed by atoms with E-state index in [1.807, 2.05) is 30.9 Å². The van der Waals surface area contributed by atoms with Gasteiger partial charge in [-0.05, 0) is 52.9 Å². The minimum absolute atomic E-state index is 0.122. The summed E-state index contributed by atoms with van der Waals surface area (Å²) < 4.78 is 0. The Kier molecular flexibility index (Phi) is 5.17. The van der Waals surface area contributed by atoms with Crippen LogP contribution >= 0.6 is 0 Å². The Balaban J connectivity index is 2.07. The van der Waals surface area contributed by atoms with Crippen molar-refractivity contribution in [3.05, 3.63) is 23.4 Å². The molecule has 116 valence electrons. The molecule has 1 fully saturated rings. The van der Waals surface area contributed by atoms with Gasteiger partial charge in [-0.1, -0.05) is 0 Å². The molecule has 2 heterocycles. The van der Waals surface area contributed by atoms with Gasteiger partial charge in [0.15, 0.2) is 0 Å². The molecule has 1 saturated heterocycles. The fraction of sp³-hybridized carbons (Fsp3) is 0.625. The van der Waals surface area contributed by atoms with Crippen molar-refractivity contribution in [2.45, 2.75) is 32.7 Å². The van der Waals surface area contributed by atoms with Crippen molar-refractivity contribution in [1.82, 2.24) is 14.8 Å².